The summed E-state index contributed by atoms with van der Waals surface area (Å²) in [4.78, 5) is 26.1. The van der Waals surface area contributed by atoms with Gasteiger partial charge in [0, 0.05) is 11.3 Å². The van der Waals surface area contributed by atoms with Crippen molar-refractivity contribution in [1.29, 1.82) is 0 Å². The smallest absolute Gasteiger partial charge is 0.335 e. The third-order valence-electron chi connectivity index (χ3n) is 4.73. The van der Waals surface area contributed by atoms with E-state index in [1.165, 1.54) is 11.3 Å². The number of thiophene rings is 1. The summed E-state index contributed by atoms with van der Waals surface area (Å²) in [5, 5.41) is 9.19. The molecule has 0 aliphatic heterocycles. The van der Waals surface area contributed by atoms with Crippen molar-refractivity contribution in [3.05, 3.63) is 57.8 Å². The van der Waals surface area contributed by atoms with Gasteiger partial charge in [-0.2, -0.15) is 0 Å². The molecule has 3 heterocycles. The number of hydrogen-bond acceptors (Lipinski definition) is 5. The number of fused-ring (bicyclic) bond motifs is 2. The maximum Gasteiger partial charge on any atom is 0.335 e. The molecule has 0 saturated carbocycles. The first-order chi connectivity index (χ1) is 13.1. The minimum absolute atomic E-state index is 0.217. The van der Waals surface area contributed by atoms with Crippen LogP contribution in [0.25, 0.3) is 27.6 Å². The van der Waals surface area contributed by atoms with Crippen molar-refractivity contribution in [3.8, 4) is 16.5 Å². The van der Waals surface area contributed by atoms with Crippen molar-refractivity contribution in [2.24, 2.45) is 0 Å². The highest BCUT2D eigenvalue weighted by Gasteiger charge is 2.22. The zero-order chi connectivity index (χ0) is 18.5. The van der Waals surface area contributed by atoms with Crippen LogP contribution in [0.4, 0.5) is 0 Å². The number of hydrogen-bond donors (Lipinski definition) is 1. The lowest BCUT2D eigenvalue weighted by molar-refractivity contribution is 0.0697. The van der Waals surface area contributed by atoms with Crippen molar-refractivity contribution in [2.75, 3.05) is 0 Å². The summed E-state index contributed by atoms with van der Waals surface area (Å²) >= 11 is 7.54. The Morgan fingerprint density at radius 2 is 2.07 bits per heavy atom. The third-order valence-corrected chi connectivity index (χ3v) is 5.95. The fourth-order valence-electron chi connectivity index (χ4n) is 3.47. The SMILES string of the molecule is O=C(O)c1ccc2c(c1)ncn2-c1nc(-c2ccc(Cl)s2)nc2c1CCC2. The second-order valence-corrected chi connectivity index (χ2v) is 8.09. The Labute approximate surface area is 163 Å². The van der Waals surface area contributed by atoms with Crippen LogP contribution in [0.2, 0.25) is 4.34 Å². The lowest BCUT2D eigenvalue weighted by atomic mass is 10.2. The summed E-state index contributed by atoms with van der Waals surface area (Å²) in [6.45, 7) is 0. The van der Waals surface area contributed by atoms with Gasteiger partial charge in [-0.05, 0) is 49.6 Å². The number of carboxylic acids is 1. The predicted molar refractivity (Wildman–Crippen MR) is 104 cm³/mol. The number of rotatable bonds is 3. The van der Waals surface area contributed by atoms with E-state index in [2.05, 4.69) is 4.98 Å². The van der Waals surface area contributed by atoms with Crippen molar-refractivity contribution in [3.63, 3.8) is 0 Å². The van der Waals surface area contributed by atoms with Crippen LogP contribution in [0, 0.1) is 0 Å². The molecule has 0 saturated heterocycles. The number of halogens is 1. The predicted octanol–water partition coefficient (Wildman–Crippen LogP) is 4.38. The van der Waals surface area contributed by atoms with Gasteiger partial charge >= 0.3 is 5.97 Å². The lowest BCUT2D eigenvalue weighted by Crippen LogP contribution is -2.06. The van der Waals surface area contributed by atoms with E-state index in [-0.39, 0.29) is 5.56 Å². The number of benzene rings is 1. The normalized spacial score (nSPS) is 13.2. The Morgan fingerprint density at radius 3 is 2.85 bits per heavy atom. The molecular formula is C19H13ClN4O2S. The highest BCUT2D eigenvalue weighted by Crippen LogP contribution is 2.33. The second-order valence-electron chi connectivity index (χ2n) is 6.38. The van der Waals surface area contributed by atoms with Crippen LogP contribution in [0.15, 0.2) is 36.7 Å². The molecule has 3 aromatic heterocycles. The highest BCUT2D eigenvalue weighted by atomic mass is 35.5. The second kappa shape index (κ2) is 6.14. The number of carbonyl (C=O) groups is 1. The summed E-state index contributed by atoms with van der Waals surface area (Å²) < 4.78 is 2.62. The maximum atomic E-state index is 11.2. The van der Waals surface area contributed by atoms with Crippen LogP contribution in [-0.2, 0) is 12.8 Å². The first kappa shape index (κ1) is 16.4. The molecule has 5 rings (SSSR count). The molecule has 0 bridgehead atoms. The van der Waals surface area contributed by atoms with Crippen molar-refractivity contribution < 1.29 is 9.90 Å². The molecule has 0 unspecified atom stereocenters. The average molecular weight is 397 g/mol. The molecule has 0 amide bonds. The number of imidazole rings is 1. The molecule has 0 fully saturated rings. The van der Waals surface area contributed by atoms with E-state index in [1.807, 2.05) is 16.7 Å². The van der Waals surface area contributed by atoms with E-state index in [1.54, 1.807) is 24.5 Å². The molecule has 1 aliphatic rings. The number of aromatic carboxylic acids is 1. The largest absolute Gasteiger partial charge is 0.478 e. The zero-order valence-corrected chi connectivity index (χ0v) is 15.6. The molecule has 8 heteroatoms. The first-order valence-electron chi connectivity index (χ1n) is 8.46. The molecular weight excluding hydrogens is 384 g/mol. The Bertz CT molecular complexity index is 1210. The van der Waals surface area contributed by atoms with Crippen molar-refractivity contribution in [1.82, 2.24) is 19.5 Å². The minimum atomic E-state index is -0.966. The number of carboxylic acid groups (broad SMARTS) is 1. The van der Waals surface area contributed by atoms with Crippen LogP contribution in [0.1, 0.15) is 28.0 Å². The van der Waals surface area contributed by atoms with E-state index in [0.717, 1.165) is 46.7 Å². The monoisotopic (exact) mass is 396 g/mol. The maximum absolute atomic E-state index is 11.2. The van der Waals surface area contributed by atoms with Crippen LogP contribution in [-0.4, -0.2) is 30.6 Å². The quantitative estimate of drug-likeness (QED) is 0.555. The van der Waals surface area contributed by atoms with Gasteiger partial charge in [-0.3, -0.25) is 4.57 Å². The molecule has 0 spiro atoms. The molecule has 1 aliphatic carbocycles. The van der Waals surface area contributed by atoms with Gasteiger partial charge in [0.05, 0.1) is 25.8 Å². The average Bonchev–Trinajstić information content (AvgIpc) is 3.39. The molecule has 1 N–H and O–H groups in total. The van der Waals surface area contributed by atoms with E-state index in [4.69, 9.17) is 21.6 Å². The van der Waals surface area contributed by atoms with Crippen molar-refractivity contribution in [2.45, 2.75) is 19.3 Å². The number of aryl methyl sites for hydroxylation is 1. The van der Waals surface area contributed by atoms with Crippen LogP contribution in [0.5, 0.6) is 0 Å². The van der Waals surface area contributed by atoms with Gasteiger partial charge in [-0.1, -0.05) is 11.6 Å². The topological polar surface area (TPSA) is 80.9 Å². The number of aromatic nitrogens is 4. The van der Waals surface area contributed by atoms with Gasteiger partial charge in [-0.25, -0.2) is 19.7 Å². The van der Waals surface area contributed by atoms with Crippen LogP contribution < -0.4 is 0 Å². The van der Waals surface area contributed by atoms with Gasteiger partial charge in [-0.15, -0.1) is 11.3 Å². The molecule has 27 heavy (non-hydrogen) atoms. The Balaban J connectivity index is 1.72. The first-order valence-corrected chi connectivity index (χ1v) is 9.66. The molecule has 6 nitrogen and oxygen atoms in total. The standard InChI is InChI=1S/C19H13ClN4O2S/c20-16-7-6-15(27-16)17-22-12-3-1-2-11(12)18(23-17)24-9-21-13-8-10(19(25)26)4-5-14(13)24/h4-9H,1-3H2,(H,25,26). The number of nitrogens with zero attached hydrogens (tertiary/aromatic N) is 4. The fraction of sp³-hybridized carbons (Fsp3) is 0.158. The van der Waals surface area contributed by atoms with Gasteiger partial charge in [0.15, 0.2) is 5.82 Å². The molecule has 0 atom stereocenters. The van der Waals surface area contributed by atoms with Gasteiger partial charge in [0.1, 0.15) is 12.1 Å². The summed E-state index contributed by atoms with van der Waals surface area (Å²) in [7, 11) is 0. The van der Waals surface area contributed by atoms with E-state index in [0.29, 0.717) is 15.7 Å². The zero-order valence-electron chi connectivity index (χ0n) is 14.0. The van der Waals surface area contributed by atoms with E-state index in [9.17, 15) is 9.90 Å². The van der Waals surface area contributed by atoms with Crippen LogP contribution >= 0.6 is 22.9 Å². The van der Waals surface area contributed by atoms with E-state index >= 15 is 0 Å². The molecule has 0 radical (unpaired) electrons. The highest BCUT2D eigenvalue weighted by molar-refractivity contribution is 7.19. The lowest BCUT2D eigenvalue weighted by Gasteiger charge is -2.11. The molecule has 4 aromatic rings. The summed E-state index contributed by atoms with van der Waals surface area (Å²) in [6, 6.07) is 8.72. The fourth-order valence-corrected chi connectivity index (χ4v) is 4.45. The Kier molecular flexibility index (Phi) is 3.73. The summed E-state index contributed by atoms with van der Waals surface area (Å²) in [5.41, 5.74) is 3.85. The van der Waals surface area contributed by atoms with Gasteiger partial charge in [0.2, 0.25) is 0 Å². The Hall–Kier alpha value is -2.77. The molecule has 134 valence electrons. The Morgan fingerprint density at radius 1 is 1.19 bits per heavy atom. The van der Waals surface area contributed by atoms with Gasteiger partial charge in [0.25, 0.3) is 0 Å². The molecule has 1 aromatic carbocycles. The van der Waals surface area contributed by atoms with E-state index < -0.39 is 5.97 Å². The third kappa shape index (κ3) is 2.70. The summed E-state index contributed by atoms with van der Waals surface area (Å²) in [6.07, 6.45) is 4.58. The van der Waals surface area contributed by atoms with Gasteiger partial charge < -0.3 is 5.11 Å². The van der Waals surface area contributed by atoms with Crippen LogP contribution in [0.3, 0.4) is 0 Å². The van der Waals surface area contributed by atoms with Crippen molar-refractivity contribution >= 4 is 39.9 Å². The minimum Gasteiger partial charge on any atom is -0.478 e. The summed E-state index contributed by atoms with van der Waals surface area (Å²) in [5.74, 6) is 0.500.